The first-order chi connectivity index (χ1) is 17.5. The summed E-state index contributed by atoms with van der Waals surface area (Å²) in [6, 6.07) is 23.9. The van der Waals surface area contributed by atoms with Crippen LogP contribution in [-0.4, -0.2) is 17.1 Å². The van der Waals surface area contributed by atoms with Crippen molar-refractivity contribution in [2.75, 3.05) is 6.61 Å². The predicted molar refractivity (Wildman–Crippen MR) is 144 cm³/mol. The quantitative estimate of drug-likeness (QED) is 0.356. The van der Waals surface area contributed by atoms with Gasteiger partial charge in [0.05, 0.1) is 28.5 Å². The summed E-state index contributed by atoms with van der Waals surface area (Å²) in [4.78, 5) is 32.6. The van der Waals surface area contributed by atoms with Crippen molar-refractivity contribution in [1.29, 1.82) is 0 Å². The molecule has 3 aromatic carbocycles. The molecule has 1 atom stereocenters. The van der Waals surface area contributed by atoms with E-state index in [4.69, 9.17) is 21.3 Å². The van der Waals surface area contributed by atoms with Gasteiger partial charge in [0.15, 0.2) is 4.80 Å². The minimum atomic E-state index is -0.741. The van der Waals surface area contributed by atoms with Crippen molar-refractivity contribution in [3.63, 3.8) is 0 Å². The average Bonchev–Trinajstić information content (AvgIpc) is 3.19. The Morgan fingerprint density at radius 1 is 1.08 bits per heavy atom. The summed E-state index contributed by atoms with van der Waals surface area (Å²) < 4.78 is 7.58. The van der Waals surface area contributed by atoms with E-state index in [2.05, 4.69) is 0 Å². The van der Waals surface area contributed by atoms with E-state index >= 15 is 0 Å². The maximum atomic E-state index is 13.8. The number of fused-ring (bicyclic) bond motifs is 1. The van der Waals surface area contributed by atoms with Crippen LogP contribution in [0.15, 0.2) is 94.2 Å². The molecule has 1 aromatic heterocycles. The van der Waals surface area contributed by atoms with Gasteiger partial charge in [-0.2, -0.15) is 0 Å². The van der Waals surface area contributed by atoms with Crippen LogP contribution in [0.25, 0.3) is 11.8 Å². The Labute approximate surface area is 217 Å². The molecule has 0 saturated carbocycles. The Kier molecular flexibility index (Phi) is 6.72. The van der Waals surface area contributed by atoms with Crippen LogP contribution < -0.4 is 14.9 Å². The molecule has 180 valence electrons. The predicted octanol–water partition coefficient (Wildman–Crippen LogP) is 4.90. The van der Waals surface area contributed by atoms with Gasteiger partial charge in [-0.3, -0.25) is 9.36 Å². The van der Waals surface area contributed by atoms with E-state index in [0.717, 1.165) is 16.7 Å². The molecule has 5 rings (SSSR count). The Morgan fingerprint density at radius 2 is 1.83 bits per heavy atom. The molecule has 0 radical (unpaired) electrons. The van der Waals surface area contributed by atoms with Crippen molar-refractivity contribution >= 4 is 40.7 Å². The van der Waals surface area contributed by atoms with E-state index in [1.165, 1.54) is 11.3 Å². The molecule has 0 fully saturated rings. The fraction of sp³-hybridized carbons (Fsp3) is 0.138. The first kappa shape index (κ1) is 24.0. The van der Waals surface area contributed by atoms with Gasteiger partial charge in [-0.05, 0) is 43.2 Å². The Hall–Kier alpha value is -3.74. The van der Waals surface area contributed by atoms with Crippen LogP contribution in [0.5, 0.6) is 0 Å². The number of hydrogen-bond donors (Lipinski definition) is 0. The molecule has 0 bridgehead atoms. The lowest BCUT2D eigenvalue weighted by Gasteiger charge is -2.26. The number of thiazole rings is 1. The smallest absolute Gasteiger partial charge is 0.338 e. The summed E-state index contributed by atoms with van der Waals surface area (Å²) in [7, 11) is 0. The zero-order chi connectivity index (χ0) is 25.2. The van der Waals surface area contributed by atoms with E-state index in [0.29, 0.717) is 31.2 Å². The SMILES string of the molecule is CCOC(=O)C1=C(c2ccccc2)N=c2s/c(=C\c3ccc(C)cc3)c(=O)n2C1c1cccc(Cl)c1. The highest BCUT2D eigenvalue weighted by molar-refractivity contribution is 7.07. The molecule has 36 heavy (non-hydrogen) atoms. The fourth-order valence-electron chi connectivity index (χ4n) is 4.25. The van der Waals surface area contributed by atoms with Crippen molar-refractivity contribution in [3.8, 4) is 0 Å². The lowest BCUT2D eigenvalue weighted by atomic mass is 9.93. The summed E-state index contributed by atoms with van der Waals surface area (Å²) >= 11 is 7.65. The number of ether oxygens (including phenoxy) is 1. The second-order valence-electron chi connectivity index (χ2n) is 8.40. The number of aryl methyl sites for hydroxylation is 1. The highest BCUT2D eigenvalue weighted by Gasteiger charge is 2.35. The van der Waals surface area contributed by atoms with Gasteiger partial charge in [0.1, 0.15) is 0 Å². The molecule has 0 spiro atoms. The summed E-state index contributed by atoms with van der Waals surface area (Å²) in [6.07, 6.45) is 1.86. The number of nitrogens with zero attached hydrogens (tertiary/aromatic N) is 2. The second kappa shape index (κ2) is 10.1. The third-order valence-corrected chi connectivity index (χ3v) is 7.13. The Bertz CT molecular complexity index is 1650. The number of rotatable bonds is 5. The number of benzene rings is 3. The van der Waals surface area contributed by atoms with Crippen molar-refractivity contribution < 1.29 is 9.53 Å². The van der Waals surface area contributed by atoms with Crippen molar-refractivity contribution in [3.05, 3.63) is 131 Å². The van der Waals surface area contributed by atoms with Gasteiger partial charge < -0.3 is 4.74 Å². The van der Waals surface area contributed by atoms with E-state index in [1.54, 1.807) is 23.6 Å². The number of aromatic nitrogens is 1. The normalized spacial score (nSPS) is 15.4. The number of carbonyl (C=O) groups is 1. The van der Waals surface area contributed by atoms with E-state index in [-0.39, 0.29) is 12.2 Å². The molecule has 1 aliphatic rings. The van der Waals surface area contributed by atoms with Gasteiger partial charge in [-0.1, -0.05) is 95.2 Å². The van der Waals surface area contributed by atoms with Crippen molar-refractivity contribution in [2.45, 2.75) is 19.9 Å². The minimum absolute atomic E-state index is 0.199. The van der Waals surface area contributed by atoms with Crippen molar-refractivity contribution in [2.24, 2.45) is 4.99 Å². The molecule has 7 heteroatoms. The summed E-state index contributed by atoms with van der Waals surface area (Å²) in [5.74, 6) is -0.516. The molecular formula is C29H23ClN2O3S. The largest absolute Gasteiger partial charge is 0.463 e. The maximum absolute atomic E-state index is 13.8. The van der Waals surface area contributed by atoms with Crippen LogP contribution in [-0.2, 0) is 9.53 Å². The third-order valence-electron chi connectivity index (χ3n) is 5.91. The zero-order valence-electron chi connectivity index (χ0n) is 19.8. The average molecular weight is 515 g/mol. The van der Waals surface area contributed by atoms with Gasteiger partial charge in [-0.25, -0.2) is 9.79 Å². The van der Waals surface area contributed by atoms with Gasteiger partial charge in [-0.15, -0.1) is 0 Å². The first-order valence-corrected chi connectivity index (χ1v) is 12.8. The summed E-state index contributed by atoms with van der Waals surface area (Å²) in [6.45, 7) is 3.97. The molecule has 0 amide bonds. The number of carbonyl (C=O) groups excluding carboxylic acids is 1. The molecule has 1 unspecified atom stereocenters. The van der Waals surface area contributed by atoms with Crippen LogP contribution in [0, 0.1) is 6.92 Å². The first-order valence-electron chi connectivity index (χ1n) is 11.6. The number of halogens is 1. The van der Waals surface area contributed by atoms with Crippen molar-refractivity contribution in [1.82, 2.24) is 4.57 Å². The lowest BCUT2D eigenvalue weighted by molar-refractivity contribution is -0.138. The minimum Gasteiger partial charge on any atom is -0.463 e. The fourth-order valence-corrected chi connectivity index (χ4v) is 5.45. The maximum Gasteiger partial charge on any atom is 0.338 e. The van der Waals surface area contributed by atoms with Crippen LogP contribution in [0.2, 0.25) is 5.02 Å². The number of esters is 1. The van der Waals surface area contributed by atoms with Crippen LogP contribution in [0.4, 0.5) is 0 Å². The van der Waals surface area contributed by atoms with E-state index in [9.17, 15) is 9.59 Å². The monoisotopic (exact) mass is 514 g/mol. The van der Waals surface area contributed by atoms with Gasteiger partial charge in [0, 0.05) is 10.6 Å². The second-order valence-corrected chi connectivity index (χ2v) is 9.84. The highest BCUT2D eigenvalue weighted by atomic mass is 35.5. The molecule has 4 aromatic rings. The summed E-state index contributed by atoms with van der Waals surface area (Å²) in [5, 5.41) is 0.510. The lowest BCUT2D eigenvalue weighted by Crippen LogP contribution is -2.40. The standard InChI is InChI=1S/C29H23ClN2O3S/c1-3-35-28(34)24-25(20-8-5-4-6-9-20)31-29-32(26(24)21-10-7-11-22(30)17-21)27(33)23(36-29)16-19-14-12-18(2)13-15-19/h4-17,26H,3H2,1-2H3/b23-16-. The molecule has 0 saturated heterocycles. The zero-order valence-corrected chi connectivity index (χ0v) is 21.3. The van der Waals surface area contributed by atoms with E-state index in [1.807, 2.05) is 79.7 Å². The van der Waals surface area contributed by atoms with E-state index < -0.39 is 12.0 Å². The van der Waals surface area contributed by atoms with Crippen LogP contribution in [0.1, 0.15) is 35.2 Å². The Morgan fingerprint density at radius 3 is 2.53 bits per heavy atom. The highest BCUT2D eigenvalue weighted by Crippen LogP contribution is 2.35. The van der Waals surface area contributed by atoms with Gasteiger partial charge in [0.2, 0.25) is 0 Å². The number of hydrogen-bond acceptors (Lipinski definition) is 5. The molecule has 0 aliphatic carbocycles. The topological polar surface area (TPSA) is 60.7 Å². The Balaban J connectivity index is 1.83. The van der Waals surface area contributed by atoms with Crippen LogP contribution in [0.3, 0.4) is 0 Å². The molecule has 1 aliphatic heterocycles. The molecule has 2 heterocycles. The third kappa shape index (κ3) is 4.57. The van der Waals surface area contributed by atoms with Gasteiger partial charge in [0.25, 0.3) is 5.56 Å². The van der Waals surface area contributed by atoms with Gasteiger partial charge >= 0.3 is 5.97 Å². The molecular weight excluding hydrogens is 492 g/mol. The molecule has 5 nitrogen and oxygen atoms in total. The molecule has 0 N–H and O–H groups in total. The summed E-state index contributed by atoms with van der Waals surface area (Å²) in [5.41, 5.74) is 4.10. The van der Waals surface area contributed by atoms with Crippen LogP contribution >= 0.6 is 22.9 Å².